The van der Waals surface area contributed by atoms with E-state index in [1.54, 1.807) is 35.0 Å². The van der Waals surface area contributed by atoms with Crippen molar-refractivity contribution in [2.24, 2.45) is 5.10 Å². The van der Waals surface area contributed by atoms with Crippen LogP contribution in [0.1, 0.15) is 37.8 Å². The van der Waals surface area contributed by atoms with Gasteiger partial charge < -0.3 is 14.2 Å². The van der Waals surface area contributed by atoms with Crippen LogP contribution >= 0.6 is 0 Å². The summed E-state index contributed by atoms with van der Waals surface area (Å²) in [5.41, 5.74) is 7.72. The van der Waals surface area contributed by atoms with E-state index in [4.69, 9.17) is 0 Å². The quantitative estimate of drug-likeness (QED) is 0.355. The maximum Gasteiger partial charge on any atom is 0.335 e. The SMILES string of the molecule is Cc1ccc(C)n1-c1cccc(C(=O)N/N=C\c2cccn2-c2cccc(C(=O)O)c2)c1. The zero-order valence-electron chi connectivity index (χ0n) is 17.7. The standard InChI is InChI=1S/C25H22N4O3/c1-17-11-12-18(2)29(17)22-9-3-6-19(14-22)24(30)27-26-16-23-10-5-13-28(23)21-8-4-7-20(15-21)25(31)32/h3-16H,1-2H3,(H,27,30)(H,31,32)/b26-16-. The van der Waals surface area contributed by atoms with Crippen LogP contribution in [0.5, 0.6) is 0 Å². The number of carbonyl (C=O) groups is 2. The van der Waals surface area contributed by atoms with Crippen LogP contribution in [0.25, 0.3) is 11.4 Å². The summed E-state index contributed by atoms with van der Waals surface area (Å²) in [6.45, 7) is 4.04. The van der Waals surface area contributed by atoms with Crippen molar-refractivity contribution in [3.8, 4) is 11.4 Å². The van der Waals surface area contributed by atoms with Crippen molar-refractivity contribution in [2.45, 2.75) is 13.8 Å². The highest BCUT2D eigenvalue weighted by molar-refractivity contribution is 5.95. The predicted molar refractivity (Wildman–Crippen MR) is 123 cm³/mol. The fourth-order valence-electron chi connectivity index (χ4n) is 3.61. The Bertz CT molecular complexity index is 1310. The first-order valence-electron chi connectivity index (χ1n) is 10.0. The number of carboxylic acids is 1. The average Bonchev–Trinajstić information content (AvgIpc) is 3.40. The molecular weight excluding hydrogens is 404 g/mol. The molecule has 0 aliphatic rings. The number of hydrazone groups is 1. The highest BCUT2D eigenvalue weighted by Crippen LogP contribution is 2.18. The molecule has 160 valence electrons. The fraction of sp³-hybridized carbons (Fsp3) is 0.0800. The summed E-state index contributed by atoms with van der Waals surface area (Å²) in [5.74, 6) is -1.31. The Morgan fingerprint density at radius 3 is 2.25 bits per heavy atom. The van der Waals surface area contributed by atoms with Gasteiger partial charge in [-0.15, -0.1) is 0 Å². The molecule has 0 aliphatic heterocycles. The molecule has 0 saturated heterocycles. The molecule has 1 amide bonds. The van der Waals surface area contributed by atoms with Gasteiger partial charge in [-0.1, -0.05) is 12.1 Å². The molecule has 0 bridgehead atoms. The fourth-order valence-corrected chi connectivity index (χ4v) is 3.61. The molecular formula is C25H22N4O3. The Morgan fingerprint density at radius 2 is 1.53 bits per heavy atom. The Labute approximate surface area is 185 Å². The lowest BCUT2D eigenvalue weighted by molar-refractivity contribution is 0.0696. The molecule has 2 aromatic carbocycles. The Morgan fingerprint density at radius 1 is 0.875 bits per heavy atom. The molecule has 0 unspecified atom stereocenters. The van der Waals surface area contributed by atoms with Gasteiger partial charge in [0.05, 0.1) is 17.5 Å². The van der Waals surface area contributed by atoms with Crippen molar-refractivity contribution in [3.05, 3.63) is 107 Å². The molecule has 2 heterocycles. The molecule has 2 aromatic heterocycles. The maximum atomic E-state index is 12.6. The minimum absolute atomic E-state index is 0.195. The summed E-state index contributed by atoms with van der Waals surface area (Å²) in [7, 11) is 0. The summed E-state index contributed by atoms with van der Waals surface area (Å²) in [6.07, 6.45) is 3.32. The van der Waals surface area contributed by atoms with E-state index < -0.39 is 5.97 Å². The van der Waals surface area contributed by atoms with E-state index in [-0.39, 0.29) is 11.5 Å². The van der Waals surface area contributed by atoms with Gasteiger partial charge in [0.25, 0.3) is 5.91 Å². The van der Waals surface area contributed by atoms with Gasteiger partial charge in [0, 0.05) is 34.5 Å². The number of nitrogens with one attached hydrogen (secondary N) is 1. The normalized spacial score (nSPS) is 11.1. The lowest BCUT2D eigenvalue weighted by Gasteiger charge is -2.10. The van der Waals surface area contributed by atoms with Crippen molar-refractivity contribution in [1.82, 2.24) is 14.6 Å². The van der Waals surface area contributed by atoms with Crippen LogP contribution in [0.15, 0.2) is 84.1 Å². The van der Waals surface area contributed by atoms with Gasteiger partial charge in [-0.25, -0.2) is 10.2 Å². The number of benzene rings is 2. The summed E-state index contributed by atoms with van der Waals surface area (Å²) in [6, 6.07) is 21.7. The molecule has 7 heteroatoms. The minimum atomic E-state index is -0.992. The first kappa shape index (κ1) is 20.9. The molecule has 0 fully saturated rings. The Kier molecular flexibility index (Phi) is 5.72. The molecule has 0 radical (unpaired) electrons. The van der Waals surface area contributed by atoms with Crippen LogP contribution in [0.4, 0.5) is 0 Å². The summed E-state index contributed by atoms with van der Waals surface area (Å²) in [4.78, 5) is 23.9. The number of carboxylic acid groups (broad SMARTS) is 1. The summed E-state index contributed by atoms with van der Waals surface area (Å²) in [5, 5.41) is 13.3. The number of rotatable bonds is 6. The lowest BCUT2D eigenvalue weighted by Crippen LogP contribution is -2.18. The molecule has 0 aliphatic carbocycles. The van der Waals surface area contributed by atoms with Crippen LogP contribution in [-0.4, -0.2) is 32.3 Å². The smallest absolute Gasteiger partial charge is 0.335 e. The monoisotopic (exact) mass is 426 g/mol. The molecule has 4 rings (SSSR count). The van der Waals surface area contributed by atoms with E-state index in [0.29, 0.717) is 16.9 Å². The first-order chi connectivity index (χ1) is 15.4. The average molecular weight is 426 g/mol. The lowest BCUT2D eigenvalue weighted by atomic mass is 10.2. The topological polar surface area (TPSA) is 88.6 Å². The Hall–Kier alpha value is -4.39. The number of amides is 1. The Balaban J connectivity index is 1.51. The summed E-state index contributed by atoms with van der Waals surface area (Å²) < 4.78 is 3.87. The van der Waals surface area contributed by atoms with Crippen molar-refractivity contribution in [3.63, 3.8) is 0 Å². The van der Waals surface area contributed by atoms with Crippen molar-refractivity contribution in [1.29, 1.82) is 0 Å². The van der Waals surface area contributed by atoms with E-state index in [1.807, 2.05) is 56.3 Å². The van der Waals surface area contributed by atoms with Gasteiger partial charge in [-0.3, -0.25) is 4.79 Å². The number of carbonyl (C=O) groups excluding carboxylic acids is 1. The van der Waals surface area contributed by atoms with Gasteiger partial charge in [-0.2, -0.15) is 5.10 Å². The van der Waals surface area contributed by atoms with Crippen LogP contribution in [-0.2, 0) is 0 Å². The van der Waals surface area contributed by atoms with Gasteiger partial charge in [0.2, 0.25) is 0 Å². The number of aryl methyl sites for hydroxylation is 2. The van der Waals surface area contributed by atoms with Gasteiger partial charge in [0.1, 0.15) is 0 Å². The van der Waals surface area contributed by atoms with Crippen molar-refractivity contribution < 1.29 is 14.7 Å². The predicted octanol–water partition coefficient (Wildman–Crippen LogP) is 4.35. The third-order valence-electron chi connectivity index (χ3n) is 5.15. The molecule has 0 saturated carbocycles. The second kappa shape index (κ2) is 8.77. The molecule has 2 N–H and O–H groups in total. The number of aromatic carboxylic acids is 1. The van der Waals surface area contributed by atoms with Crippen LogP contribution in [0.3, 0.4) is 0 Å². The third kappa shape index (κ3) is 4.22. The summed E-state index contributed by atoms with van der Waals surface area (Å²) >= 11 is 0. The zero-order valence-corrected chi connectivity index (χ0v) is 17.7. The zero-order chi connectivity index (χ0) is 22.7. The number of hydrogen-bond acceptors (Lipinski definition) is 3. The number of aromatic nitrogens is 2. The van der Waals surface area contributed by atoms with E-state index in [1.165, 1.54) is 12.3 Å². The first-order valence-corrected chi connectivity index (χ1v) is 10.0. The number of nitrogens with zero attached hydrogens (tertiary/aromatic N) is 3. The molecule has 0 spiro atoms. The largest absolute Gasteiger partial charge is 0.478 e. The van der Waals surface area contributed by atoms with E-state index >= 15 is 0 Å². The van der Waals surface area contributed by atoms with Crippen LogP contribution < -0.4 is 5.43 Å². The van der Waals surface area contributed by atoms with E-state index in [0.717, 1.165) is 17.1 Å². The van der Waals surface area contributed by atoms with Gasteiger partial charge in [-0.05, 0) is 74.5 Å². The number of hydrogen-bond donors (Lipinski definition) is 2. The maximum absolute atomic E-state index is 12.6. The minimum Gasteiger partial charge on any atom is -0.478 e. The van der Waals surface area contributed by atoms with E-state index in [9.17, 15) is 14.7 Å². The van der Waals surface area contributed by atoms with E-state index in [2.05, 4.69) is 15.1 Å². The second-order valence-corrected chi connectivity index (χ2v) is 7.36. The van der Waals surface area contributed by atoms with Gasteiger partial charge >= 0.3 is 5.97 Å². The van der Waals surface area contributed by atoms with Crippen LogP contribution in [0.2, 0.25) is 0 Å². The highest BCUT2D eigenvalue weighted by atomic mass is 16.4. The molecule has 0 atom stereocenters. The van der Waals surface area contributed by atoms with Crippen molar-refractivity contribution >= 4 is 18.1 Å². The second-order valence-electron chi connectivity index (χ2n) is 7.36. The molecule has 32 heavy (non-hydrogen) atoms. The van der Waals surface area contributed by atoms with Crippen molar-refractivity contribution in [2.75, 3.05) is 0 Å². The van der Waals surface area contributed by atoms with Gasteiger partial charge in [0.15, 0.2) is 0 Å². The molecule has 7 nitrogen and oxygen atoms in total. The van der Waals surface area contributed by atoms with Crippen LogP contribution in [0, 0.1) is 13.8 Å². The molecule has 4 aromatic rings. The third-order valence-corrected chi connectivity index (χ3v) is 5.15. The highest BCUT2D eigenvalue weighted by Gasteiger charge is 2.10.